The molecule has 0 saturated heterocycles. The molecule has 0 radical (unpaired) electrons. The third kappa shape index (κ3) is 6.35. The molecule has 0 saturated carbocycles. The van der Waals surface area contributed by atoms with E-state index in [-0.39, 0.29) is 25.5 Å². The van der Waals surface area contributed by atoms with E-state index in [2.05, 4.69) is 17.4 Å². The fourth-order valence-electron chi connectivity index (χ4n) is 5.85. The van der Waals surface area contributed by atoms with Crippen LogP contribution in [0.5, 0.6) is 11.5 Å². The minimum atomic E-state index is -0.957. The zero-order chi connectivity index (χ0) is 30.3. The smallest absolute Gasteiger partial charge is 0.407 e. The van der Waals surface area contributed by atoms with Gasteiger partial charge in [-0.15, -0.1) is 0 Å². The summed E-state index contributed by atoms with van der Waals surface area (Å²) >= 11 is 0. The lowest BCUT2D eigenvalue weighted by Gasteiger charge is -2.33. The van der Waals surface area contributed by atoms with Crippen molar-refractivity contribution in [1.29, 1.82) is 0 Å². The van der Waals surface area contributed by atoms with E-state index in [4.69, 9.17) is 18.9 Å². The van der Waals surface area contributed by atoms with Gasteiger partial charge in [-0.2, -0.15) is 0 Å². The highest BCUT2D eigenvalue weighted by molar-refractivity contribution is 5.90. The summed E-state index contributed by atoms with van der Waals surface area (Å²) < 4.78 is 21.7. The normalized spacial score (nSPS) is 18.8. The lowest BCUT2D eigenvalue weighted by molar-refractivity contribution is -0.154. The van der Waals surface area contributed by atoms with Gasteiger partial charge in [0.15, 0.2) is 0 Å². The number of carbonyl (C=O) groups is 3. The highest BCUT2D eigenvalue weighted by Gasteiger charge is 2.36. The number of fused-ring (bicyclic) bond motifs is 3. The van der Waals surface area contributed by atoms with Crippen molar-refractivity contribution >= 4 is 18.0 Å². The number of alkyl carbamates (subject to hydrolysis) is 1. The number of hydrogen-bond acceptors (Lipinski definition) is 7. The monoisotopic (exact) mass is 584 g/mol. The SMILES string of the molecule is COC(=O)[C@@H]1CC/C=C/C[C@H](NC(=O)OCC2c3ccccc3-c3ccccc32)C(=O)N1Cc1ccc(OC)cc1OC. The molecule has 1 heterocycles. The molecule has 3 aromatic rings. The molecular formula is C34H36N2O7. The van der Waals surface area contributed by atoms with E-state index in [1.54, 1.807) is 25.3 Å². The van der Waals surface area contributed by atoms with E-state index < -0.39 is 30.1 Å². The lowest BCUT2D eigenvalue weighted by atomic mass is 9.98. The second kappa shape index (κ2) is 13.5. The number of amides is 2. The van der Waals surface area contributed by atoms with Crippen molar-refractivity contribution in [3.63, 3.8) is 0 Å². The van der Waals surface area contributed by atoms with Crippen molar-refractivity contribution in [1.82, 2.24) is 10.2 Å². The summed E-state index contributed by atoms with van der Waals surface area (Å²) in [6, 6.07) is 19.6. The van der Waals surface area contributed by atoms with Gasteiger partial charge in [0.25, 0.3) is 0 Å². The van der Waals surface area contributed by atoms with Crippen molar-refractivity contribution in [2.75, 3.05) is 27.9 Å². The number of nitrogens with one attached hydrogen (secondary N) is 1. The predicted molar refractivity (Wildman–Crippen MR) is 161 cm³/mol. The molecule has 0 bridgehead atoms. The maximum atomic E-state index is 14.1. The first kappa shape index (κ1) is 29.7. The number of ether oxygens (including phenoxy) is 4. The quantitative estimate of drug-likeness (QED) is 0.286. The molecule has 1 aliphatic heterocycles. The van der Waals surface area contributed by atoms with Gasteiger partial charge in [0.05, 0.1) is 27.9 Å². The van der Waals surface area contributed by atoms with Gasteiger partial charge in [-0.05, 0) is 53.6 Å². The number of carbonyl (C=O) groups excluding carboxylic acids is 3. The molecule has 1 N–H and O–H groups in total. The number of hydrogen-bond donors (Lipinski definition) is 1. The molecule has 43 heavy (non-hydrogen) atoms. The summed E-state index contributed by atoms with van der Waals surface area (Å²) in [5.41, 5.74) is 5.12. The Morgan fingerprint density at radius 1 is 0.907 bits per heavy atom. The van der Waals surface area contributed by atoms with Crippen LogP contribution in [0.3, 0.4) is 0 Å². The molecule has 0 spiro atoms. The van der Waals surface area contributed by atoms with Crippen molar-refractivity contribution in [2.24, 2.45) is 0 Å². The van der Waals surface area contributed by atoms with Crippen LogP contribution in [0.4, 0.5) is 4.79 Å². The van der Waals surface area contributed by atoms with E-state index in [9.17, 15) is 14.4 Å². The van der Waals surface area contributed by atoms with Crippen LogP contribution in [-0.4, -0.2) is 62.9 Å². The van der Waals surface area contributed by atoms with Gasteiger partial charge >= 0.3 is 12.1 Å². The van der Waals surface area contributed by atoms with Crippen LogP contribution in [-0.2, 0) is 25.6 Å². The first-order valence-electron chi connectivity index (χ1n) is 14.3. The number of allylic oxidation sites excluding steroid dienone is 1. The predicted octanol–water partition coefficient (Wildman–Crippen LogP) is 5.22. The summed E-state index contributed by atoms with van der Waals surface area (Å²) in [5, 5.41) is 2.77. The largest absolute Gasteiger partial charge is 0.497 e. The molecule has 2 atom stereocenters. The fourth-order valence-corrected chi connectivity index (χ4v) is 5.85. The third-order valence-corrected chi connectivity index (χ3v) is 8.05. The molecule has 0 aromatic heterocycles. The molecule has 0 unspecified atom stereocenters. The van der Waals surface area contributed by atoms with Gasteiger partial charge in [0.2, 0.25) is 5.91 Å². The number of nitrogens with zero attached hydrogens (tertiary/aromatic N) is 1. The Morgan fingerprint density at radius 2 is 1.60 bits per heavy atom. The van der Waals surface area contributed by atoms with Crippen molar-refractivity contribution in [2.45, 2.75) is 43.8 Å². The highest BCUT2D eigenvalue weighted by atomic mass is 16.5. The van der Waals surface area contributed by atoms with Gasteiger partial charge in [0.1, 0.15) is 30.2 Å². The summed E-state index contributed by atoms with van der Waals surface area (Å²) in [6.45, 7) is 0.183. The molecule has 3 aromatic carbocycles. The molecule has 2 amide bonds. The minimum absolute atomic E-state index is 0.0641. The standard InChI is InChI=1S/C34H36N2O7/c1-40-23-18-17-22(31(19-23)41-2)20-36-30(33(38)42-3)16-6-4-5-15-29(32(36)37)35-34(39)43-21-28-26-13-9-7-11-24(26)25-12-8-10-14-27(25)28/h4-5,7-14,17-19,28-30H,6,15-16,20-21H2,1-3H3,(H,35,39)/b5-4+/t29-,30-/m0/s1. The molecule has 2 aliphatic rings. The number of rotatable bonds is 8. The van der Waals surface area contributed by atoms with Crippen LogP contribution in [0.15, 0.2) is 78.9 Å². The van der Waals surface area contributed by atoms with E-state index in [0.29, 0.717) is 29.9 Å². The summed E-state index contributed by atoms with van der Waals surface area (Å²) in [4.78, 5) is 41.6. The first-order chi connectivity index (χ1) is 20.9. The molecule has 9 heteroatoms. The van der Waals surface area contributed by atoms with Crippen molar-refractivity contribution < 1.29 is 33.3 Å². The molecular weight excluding hydrogens is 548 g/mol. The van der Waals surface area contributed by atoms with Crippen LogP contribution in [0.25, 0.3) is 11.1 Å². The molecule has 9 nitrogen and oxygen atoms in total. The Morgan fingerprint density at radius 3 is 2.26 bits per heavy atom. The number of esters is 1. The van der Waals surface area contributed by atoms with Crippen molar-refractivity contribution in [3.8, 4) is 22.6 Å². The molecule has 0 fully saturated rings. The van der Waals surface area contributed by atoms with Crippen molar-refractivity contribution in [3.05, 3.63) is 95.6 Å². The highest BCUT2D eigenvalue weighted by Crippen LogP contribution is 2.44. The van der Waals surface area contributed by atoms with Gasteiger partial charge in [-0.25, -0.2) is 9.59 Å². The van der Waals surface area contributed by atoms with Gasteiger partial charge in [-0.3, -0.25) is 4.79 Å². The van der Waals surface area contributed by atoms with Crippen LogP contribution >= 0.6 is 0 Å². The Labute approximate surface area is 251 Å². The van der Waals surface area contributed by atoms with E-state index in [1.165, 1.54) is 19.1 Å². The second-order valence-corrected chi connectivity index (χ2v) is 10.5. The second-order valence-electron chi connectivity index (χ2n) is 10.5. The van der Waals surface area contributed by atoms with Gasteiger partial charge < -0.3 is 29.2 Å². The van der Waals surface area contributed by atoms with Crippen LogP contribution in [0, 0.1) is 0 Å². The van der Waals surface area contributed by atoms with E-state index >= 15 is 0 Å². The Balaban J connectivity index is 1.35. The maximum Gasteiger partial charge on any atom is 0.407 e. The third-order valence-electron chi connectivity index (χ3n) is 8.05. The fraction of sp³-hybridized carbons (Fsp3) is 0.324. The number of benzene rings is 3. The maximum absolute atomic E-state index is 14.1. The van der Waals surface area contributed by atoms with Crippen LogP contribution in [0.1, 0.15) is 41.9 Å². The Hall–Kier alpha value is -4.79. The summed E-state index contributed by atoms with van der Waals surface area (Å²) in [6.07, 6.45) is 4.22. The van der Waals surface area contributed by atoms with Gasteiger partial charge in [0, 0.05) is 17.5 Å². The minimum Gasteiger partial charge on any atom is -0.497 e. The molecule has 1 aliphatic carbocycles. The number of methoxy groups -OCH3 is 3. The average Bonchev–Trinajstić information content (AvgIpc) is 3.39. The average molecular weight is 585 g/mol. The van der Waals surface area contributed by atoms with E-state index in [0.717, 1.165) is 22.3 Å². The summed E-state index contributed by atoms with van der Waals surface area (Å²) in [5.74, 6) is 0.0380. The van der Waals surface area contributed by atoms with Crippen LogP contribution in [0.2, 0.25) is 0 Å². The molecule has 224 valence electrons. The zero-order valence-electron chi connectivity index (χ0n) is 24.6. The van der Waals surface area contributed by atoms with E-state index in [1.807, 2.05) is 48.6 Å². The first-order valence-corrected chi connectivity index (χ1v) is 14.3. The lowest BCUT2D eigenvalue weighted by Crippen LogP contribution is -2.53. The Bertz CT molecular complexity index is 1470. The zero-order valence-corrected chi connectivity index (χ0v) is 24.6. The Kier molecular flexibility index (Phi) is 9.29. The van der Waals surface area contributed by atoms with Crippen LogP contribution < -0.4 is 14.8 Å². The van der Waals surface area contributed by atoms with Gasteiger partial charge in [-0.1, -0.05) is 60.7 Å². The molecule has 5 rings (SSSR count). The topological polar surface area (TPSA) is 103 Å². The summed E-state index contributed by atoms with van der Waals surface area (Å²) in [7, 11) is 4.38.